The van der Waals surface area contributed by atoms with Gasteiger partial charge in [-0.1, -0.05) is 6.07 Å². The van der Waals surface area contributed by atoms with Crippen LogP contribution in [-0.2, 0) is 4.79 Å². The molecular formula is C11H13N3O4. The third-order valence-corrected chi connectivity index (χ3v) is 3.01. The first-order valence-corrected chi connectivity index (χ1v) is 5.48. The van der Waals surface area contributed by atoms with Crippen molar-refractivity contribution in [3.05, 3.63) is 28.3 Å². The van der Waals surface area contributed by atoms with Gasteiger partial charge in [-0.3, -0.25) is 14.9 Å². The van der Waals surface area contributed by atoms with Crippen LogP contribution in [0, 0.1) is 16.0 Å². The van der Waals surface area contributed by atoms with Gasteiger partial charge in [-0.25, -0.2) is 0 Å². The van der Waals surface area contributed by atoms with Crippen LogP contribution in [0.4, 0.5) is 17.1 Å². The summed E-state index contributed by atoms with van der Waals surface area (Å²) >= 11 is 0. The minimum absolute atomic E-state index is 0.0190. The van der Waals surface area contributed by atoms with Crippen molar-refractivity contribution < 1.29 is 14.8 Å². The Morgan fingerprint density at radius 1 is 1.56 bits per heavy atom. The molecule has 1 fully saturated rings. The Morgan fingerprint density at radius 2 is 2.28 bits per heavy atom. The Morgan fingerprint density at radius 3 is 2.83 bits per heavy atom. The van der Waals surface area contributed by atoms with E-state index in [4.69, 9.17) is 10.8 Å². The zero-order chi connectivity index (χ0) is 13.3. The first kappa shape index (κ1) is 12.3. The van der Waals surface area contributed by atoms with Crippen LogP contribution in [0.25, 0.3) is 0 Å². The second kappa shape index (κ2) is 4.61. The van der Waals surface area contributed by atoms with Crippen molar-refractivity contribution in [2.75, 3.05) is 23.8 Å². The zero-order valence-corrected chi connectivity index (χ0v) is 9.57. The fourth-order valence-corrected chi connectivity index (χ4v) is 2.07. The topological polar surface area (TPSA) is 110 Å². The van der Waals surface area contributed by atoms with E-state index in [1.54, 1.807) is 6.07 Å². The van der Waals surface area contributed by atoms with Crippen molar-refractivity contribution in [1.82, 2.24) is 0 Å². The first-order valence-electron chi connectivity index (χ1n) is 5.48. The maximum absolute atomic E-state index is 11.8. The van der Waals surface area contributed by atoms with Gasteiger partial charge in [0.25, 0.3) is 5.69 Å². The van der Waals surface area contributed by atoms with Crippen molar-refractivity contribution in [3.63, 3.8) is 0 Å². The van der Waals surface area contributed by atoms with E-state index in [1.165, 1.54) is 17.0 Å². The standard InChI is InChI=1S/C11H13N3O4/c12-11-8(2-1-3-9(11)14(17)18)13-5-7(6-15)4-10(13)16/h1-3,7,15H,4-6,12H2. The molecule has 1 atom stereocenters. The molecule has 0 aromatic heterocycles. The highest BCUT2D eigenvalue weighted by Crippen LogP contribution is 2.35. The van der Waals surface area contributed by atoms with E-state index in [0.29, 0.717) is 12.2 Å². The van der Waals surface area contributed by atoms with Crippen molar-refractivity contribution in [2.24, 2.45) is 5.92 Å². The number of carbonyl (C=O) groups is 1. The maximum atomic E-state index is 11.8. The number of aliphatic hydroxyl groups excluding tert-OH is 1. The highest BCUT2D eigenvalue weighted by Gasteiger charge is 2.32. The Balaban J connectivity index is 2.37. The molecule has 1 aliphatic rings. The van der Waals surface area contributed by atoms with Gasteiger partial charge in [0.1, 0.15) is 5.69 Å². The van der Waals surface area contributed by atoms with Gasteiger partial charge in [-0.2, -0.15) is 0 Å². The van der Waals surface area contributed by atoms with Crippen molar-refractivity contribution in [1.29, 1.82) is 0 Å². The Kier molecular flexibility index (Phi) is 3.15. The van der Waals surface area contributed by atoms with E-state index < -0.39 is 4.92 Å². The predicted octanol–water partition coefficient (Wildman–Crippen LogP) is 0.522. The molecule has 7 heteroatoms. The van der Waals surface area contributed by atoms with Crippen LogP contribution in [0.3, 0.4) is 0 Å². The van der Waals surface area contributed by atoms with E-state index in [2.05, 4.69) is 0 Å². The number of anilines is 2. The first-order chi connectivity index (χ1) is 8.54. The molecule has 1 amide bonds. The van der Waals surface area contributed by atoms with Crippen LogP contribution in [0.5, 0.6) is 0 Å². The number of benzene rings is 1. The van der Waals surface area contributed by atoms with Crippen LogP contribution in [-0.4, -0.2) is 29.1 Å². The van der Waals surface area contributed by atoms with Gasteiger partial charge in [0.2, 0.25) is 5.91 Å². The fourth-order valence-electron chi connectivity index (χ4n) is 2.07. The molecule has 1 heterocycles. The Labute approximate surface area is 103 Å². The Hall–Kier alpha value is -2.15. The predicted molar refractivity (Wildman–Crippen MR) is 65.1 cm³/mol. The second-order valence-electron chi connectivity index (χ2n) is 4.22. The van der Waals surface area contributed by atoms with Crippen molar-refractivity contribution >= 4 is 23.0 Å². The van der Waals surface area contributed by atoms with E-state index in [0.717, 1.165) is 0 Å². The lowest BCUT2D eigenvalue weighted by Gasteiger charge is -2.18. The highest BCUT2D eigenvalue weighted by molar-refractivity contribution is 5.99. The van der Waals surface area contributed by atoms with Crippen molar-refractivity contribution in [3.8, 4) is 0 Å². The summed E-state index contributed by atoms with van der Waals surface area (Å²) in [4.78, 5) is 23.4. The number of aliphatic hydroxyl groups is 1. The maximum Gasteiger partial charge on any atom is 0.294 e. The minimum Gasteiger partial charge on any atom is -0.396 e. The van der Waals surface area contributed by atoms with E-state index in [-0.39, 0.29) is 36.2 Å². The van der Waals surface area contributed by atoms with Crippen LogP contribution in [0.2, 0.25) is 0 Å². The van der Waals surface area contributed by atoms with Gasteiger partial charge in [0.05, 0.1) is 10.6 Å². The molecule has 18 heavy (non-hydrogen) atoms. The summed E-state index contributed by atoms with van der Waals surface area (Å²) in [5.41, 5.74) is 5.82. The number of nitrogens with two attached hydrogens (primary N) is 1. The van der Waals surface area contributed by atoms with Crippen molar-refractivity contribution in [2.45, 2.75) is 6.42 Å². The highest BCUT2D eigenvalue weighted by atomic mass is 16.6. The van der Waals surface area contributed by atoms with E-state index in [1.807, 2.05) is 0 Å². The molecule has 7 nitrogen and oxygen atoms in total. The van der Waals surface area contributed by atoms with Gasteiger partial charge in [-0.15, -0.1) is 0 Å². The van der Waals surface area contributed by atoms with E-state index in [9.17, 15) is 14.9 Å². The van der Waals surface area contributed by atoms with Crippen LogP contribution >= 0.6 is 0 Å². The summed E-state index contributed by atoms with van der Waals surface area (Å²) in [6.07, 6.45) is 0.235. The van der Waals surface area contributed by atoms with E-state index >= 15 is 0 Å². The number of hydrogen-bond donors (Lipinski definition) is 2. The second-order valence-corrected chi connectivity index (χ2v) is 4.22. The quantitative estimate of drug-likeness (QED) is 0.462. The number of nitro benzene ring substituents is 1. The molecule has 96 valence electrons. The molecule has 1 aliphatic heterocycles. The third kappa shape index (κ3) is 2.00. The minimum atomic E-state index is -0.580. The number of nitro groups is 1. The monoisotopic (exact) mass is 251 g/mol. The number of hydrogen-bond acceptors (Lipinski definition) is 5. The number of para-hydroxylation sites is 1. The molecule has 1 unspecified atom stereocenters. The van der Waals surface area contributed by atoms with Gasteiger partial charge in [0.15, 0.2) is 0 Å². The summed E-state index contributed by atoms with van der Waals surface area (Å²) < 4.78 is 0. The average Bonchev–Trinajstić information content (AvgIpc) is 2.70. The molecule has 0 saturated carbocycles. The molecule has 1 saturated heterocycles. The van der Waals surface area contributed by atoms with Crippen LogP contribution in [0.1, 0.15) is 6.42 Å². The summed E-state index contributed by atoms with van der Waals surface area (Å²) in [6, 6.07) is 4.35. The molecule has 0 bridgehead atoms. The molecule has 0 radical (unpaired) electrons. The van der Waals surface area contributed by atoms with Gasteiger partial charge in [0, 0.05) is 31.6 Å². The lowest BCUT2D eigenvalue weighted by atomic mass is 10.1. The Bertz CT molecular complexity index is 503. The lowest BCUT2D eigenvalue weighted by molar-refractivity contribution is -0.383. The van der Waals surface area contributed by atoms with Gasteiger partial charge >= 0.3 is 0 Å². The number of nitrogens with zero attached hydrogens (tertiary/aromatic N) is 2. The summed E-state index contributed by atoms with van der Waals surface area (Å²) in [5, 5.41) is 19.8. The number of amides is 1. The number of nitrogen functional groups attached to an aromatic ring is 1. The molecule has 2 rings (SSSR count). The summed E-state index contributed by atoms with van der Waals surface area (Å²) in [6.45, 7) is 0.248. The van der Waals surface area contributed by atoms with Crippen LogP contribution < -0.4 is 10.6 Å². The molecular weight excluding hydrogens is 238 g/mol. The van der Waals surface area contributed by atoms with Gasteiger partial charge < -0.3 is 15.7 Å². The lowest BCUT2D eigenvalue weighted by Crippen LogP contribution is -2.26. The molecule has 3 N–H and O–H groups in total. The average molecular weight is 251 g/mol. The molecule has 1 aromatic rings. The fraction of sp³-hybridized carbons (Fsp3) is 0.364. The molecule has 0 aliphatic carbocycles. The molecule has 0 spiro atoms. The molecule has 1 aromatic carbocycles. The van der Waals surface area contributed by atoms with Gasteiger partial charge in [-0.05, 0) is 6.07 Å². The summed E-state index contributed by atoms with van der Waals surface area (Å²) in [7, 11) is 0. The largest absolute Gasteiger partial charge is 0.396 e. The third-order valence-electron chi connectivity index (χ3n) is 3.01. The normalized spacial score (nSPS) is 19.3. The number of carbonyl (C=O) groups excluding carboxylic acids is 1. The van der Waals surface area contributed by atoms with Crippen LogP contribution in [0.15, 0.2) is 18.2 Å². The smallest absolute Gasteiger partial charge is 0.294 e. The SMILES string of the molecule is Nc1c(N2CC(CO)CC2=O)cccc1[N+](=O)[O-]. The number of rotatable bonds is 3. The summed E-state index contributed by atoms with van der Waals surface area (Å²) in [5.74, 6) is -0.322. The zero-order valence-electron chi connectivity index (χ0n) is 9.57.